The van der Waals surface area contributed by atoms with Gasteiger partial charge in [0.15, 0.2) is 0 Å². The summed E-state index contributed by atoms with van der Waals surface area (Å²) in [5.74, 6) is -0.466. The van der Waals surface area contributed by atoms with Crippen LogP contribution in [0.15, 0.2) is 54.6 Å². The van der Waals surface area contributed by atoms with Crippen LogP contribution in [-0.2, 0) is 14.8 Å². The van der Waals surface area contributed by atoms with Crippen LogP contribution in [-0.4, -0.2) is 57.2 Å². The third kappa shape index (κ3) is 5.46. The van der Waals surface area contributed by atoms with Crippen molar-refractivity contribution in [2.45, 2.75) is 30.7 Å². The molecule has 1 heterocycles. The number of hydrogen-bond donors (Lipinski definition) is 2. The predicted octanol–water partition coefficient (Wildman–Crippen LogP) is 2.26. The minimum absolute atomic E-state index is 0.369. The molecule has 2 aromatic carbocycles. The Balaban J connectivity index is 1.78. The minimum Gasteiger partial charge on any atom is -0.465 e. The summed E-state index contributed by atoms with van der Waals surface area (Å²) in [6.45, 7) is 3.37. The first-order valence-electron chi connectivity index (χ1n) is 9.95. The first-order valence-corrected chi connectivity index (χ1v) is 11.5. The number of carbonyl (C=O) groups excluding carboxylic acids is 1. The number of nitrogens with one attached hydrogen (secondary N) is 1. The number of nitrogens with zero attached hydrogens (tertiary/aromatic N) is 1. The standard InChI is InChI=1S/C22H28N2O5S/c1-16(17-8-10-19(11-9-17)22(26)29-2)30(27,28)23-21(18-6-4-3-5-7-18)15-24-13-12-20(25)14-24/h3-11,16,20-21,23,25H,12-15H2,1-2H3. The van der Waals surface area contributed by atoms with Crippen molar-refractivity contribution in [3.05, 3.63) is 71.3 Å². The summed E-state index contributed by atoms with van der Waals surface area (Å²) in [6, 6.07) is 15.4. The summed E-state index contributed by atoms with van der Waals surface area (Å²) in [5, 5.41) is 9.01. The molecule has 2 aromatic rings. The second kappa shape index (κ2) is 9.70. The molecule has 1 aliphatic rings. The van der Waals surface area contributed by atoms with Crippen LogP contribution in [0.5, 0.6) is 0 Å². The van der Waals surface area contributed by atoms with Gasteiger partial charge in [0, 0.05) is 19.6 Å². The summed E-state index contributed by atoms with van der Waals surface area (Å²) in [7, 11) is -2.41. The van der Waals surface area contributed by atoms with Crippen molar-refractivity contribution in [2.24, 2.45) is 0 Å². The van der Waals surface area contributed by atoms with E-state index in [1.807, 2.05) is 30.3 Å². The number of likely N-dealkylation sites (tertiary alicyclic amines) is 1. The van der Waals surface area contributed by atoms with Crippen LogP contribution in [0.25, 0.3) is 0 Å². The zero-order valence-corrected chi connectivity index (χ0v) is 18.0. The van der Waals surface area contributed by atoms with Crippen molar-refractivity contribution in [1.29, 1.82) is 0 Å². The number of rotatable bonds is 8. The quantitative estimate of drug-likeness (QED) is 0.622. The number of methoxy groups -OCH3 is 1. The molecule has 3 unspecified atom stereocenters. The molecule has 1 aliphatic heterocycles. The number of esters is 1. The van der Waals surface area contributed by atoms with Gasteiger partial charge < -0.3 is 9.84 Å². The summed E-state index contributed by atoms with van der Waals surface area (Å²) >= 11 is 0. The third-order valence-electron chi connectivity index (χ3n) is 5.46. The van der Waals surface area contributed by atoms with Crippen LogP contribution in [0.3, 0.4) is 0 Å². The minimum atomic E-state index is -3.71. The van der Waals surface area contributed by atoms with Crippen molar-refractivity contribution in [3.8, 4) is 0 Å². The monoisotopic (exact) mass is 432 g/mol. The normalized spacial score (nSPS) is 19.4. The summed E-state index contributed by atoms with van der Waals surface area (Å²) in [4.78, 5) is 13.7. The molecule has 8 heteroatoms. The van der Waals surface area contributed by atoms with Crippen LogP contribution < -0.4 is 4.72 Å². The Labute approximate surface area is 177 Å². The highest BCUT2D eigenvalue weighted by Gasteiger charge is 2.30. The molecule has 0 aromatic heterocycles. The Kier molecular flexibility index (Phi) is 7.25. The number of β-amino-alcohol motifs (C(OH)–C–C–N with tert-alkyl or cyclic N) is 1. The molecule has 3 atom stereocenters. The van der Waals surface area contributed by atoms with Crippen LogP contribution >= 0.6 is 0 Å². The van der Waals surface area contributed by atoms with Crippen LogP contribution in [0.2, 0.25) is 0 Å². The maximum absolute atomic E-state index is 13.2. The number of carbonyl (C=O) groups is 1. The fraction of sp³-hybridized carbons (Fsp3) is 0.409. The molecule has 0 aliphatic carbocycles. The second-order valence-corrected chi connectivity index (χ2v) is 9.62. The molecule has 30 heavy (non-hydrogen) atoms. The molecule has 0 bridgehead atoms. The van der Waals surface area contributed by atoms with E-state index >= 15 is 0 Å². The average molecular weight is 433 g/mol. The Morgan fingerprint density at radius 3 is 2.40 bits per heavy atom. The smallest absolute Gasteiger partial charge is 0.337 e. The Morgan fingerprint density at radius 2 is 1.83 bits per heavy atom. The largest absolute Gasteiger partial charge is 0.465 e. The lowest BCUT2D eigenvalue weighted by Gasteiger charge is -2.26. The van der Waals surface area contributed by atoms with E-state index in [-0.39, 0.29) is 6.10 Å². The number of aliphatic hydroxyl groups is 1. The van der Waals surface area contributed by atoms with Crippen LogP contribution in [0.1, 0.15) is 46.1 Å². The molecule has 1 fully saturated rings. The number of aliphatic hydroxyl groups excluding tert-OH is 1. The summed E-state index contributed by atoms with van der Waals surface area (Å²) < 4.78 is 33.9. The fourth-order valence-electron chi connectivity index (χ4n) is 3.62. The third-order valence-corrected chi connectivity index (χ3v) is 7.28. The van der Waals surface area contributed by atoms with Gasteiger partial charge >= 0.3 is 5.97 Å². The van der Waals surface area contributed by atoms with Crippen molar-refractivity contribution in [3.63, 3.8) is 0 Å². The number of benzene rings is 2. The maximum Gasteiger partial charge on any atom is 0.337 e. The molecular weight excluding hydrogens is 404 g/mol. The molecule has 3 rings (SSSR count). The van der Waals surface area contributed by atoms with Gasteiger partial charge in [-0.3, -0.25) is 4.90 Å². The lowest BCUT2D eigenvalue weighted by molar-refractivity contribution is 0.0600. The van der Waals surface area contributed by atoms with Crippen molar-refractivity contribution in [1.82, 2.24) is 9.62 Å². The molecule has 1 saturated heterocycles. The van der Waals surface area contributed by atoms with Gasteiger partial charge in [0.2, 0.25) is 10.0 Å². The molecule has 0 spiro atoms. The molecule has 7 nitrogen and oxygen atoms in total. The zero-order valence-electron chi connectivity index (χ0n) is 17.2. The van der Waals surface area contributed by atoms with E-state index in [1.165, 1.54) is 7.11 Å². The van der Waals surface area contributed by atoms with Crippen molar-refractivity contribution >= 4 is 16.0 Å². The zero-order chi connectivity index (χ0) is 21.7. The molecule has 0 amide bonds. The van der Waals surface area contributed by atoms with Gasteiger partial charge in [0.05, 0.1) is 30.1 Å². The number of hydrogen-bond acceptors (Lipinski definition) is 6. The van der Waals surface area contributed by atoms with Gasteiger partial charge in [0.25, 0.3) is 0 Å². The van der Waals surface area contributed by atoms with Crippen LogP contribution in [0, 0.1) is 0 Å². The topological polar surface area (TPSA) is 95.9 Å². The van der Waals surface area contributed by atoms with E-state index in [4.69, 9.17) is 0 Å². The van der Waals surface area contributed by atoms with Gasteiger partial charge in [-0.2, -0.15) is 0 Å². The van der Waals surface area contributed by atoms with E-state index < -0.39 is 27.3 Å². The molecule has 2 N–H and O–H groups in total. The van der Waals surface area contributed by atoms with Gasteiger partial charge in [-0.15, -0.1) is 0 Å². The van der Waals surface area contributed by atoms with E-state index in [0.717, 1.165) is 12.1 Å². The van der Waals surface area contributed by atoms with Gasteiger partial charge in [0.1, 0.15) is 0 Å². The van der Waals surface area contributed by atoms with E-state index in [1.54, 1.807) is 31.2 Å². The van der Waals surface area contributed by atoms with Crippen LogP contribution in [0.4, 0.5) is 0 Å². The Bertz CT molecular complexity index is 947. The first-order chi connectivity index (χ1) is 14.3. The van der Waals surface area contributed by atoms with Gasteiger partial charge in [-0.25, -0.2) is 17.9 Å². The molecule has 162 valence electrons. The predicted molar refractivity (Wildman–Crippen MR) is 114 cm³/mol. The lowest BCUT2D eigenvalue weighted by Crippen LogP contribution is -2.39. The van der Waals surface area contributed by atoms with Crippen molar-refractivity contribution < 1.29 is 23.1 Å². The molecule has 0 saturated carbocycles. The van der Waals surface area contributed by atoms with Gasteiger partial charge in [-0.05, 0) is 36.6 Å². The highest BCUT2D eigenvalue weighted by atomic mass is 32.2. The lowest BCUT2D eigenvalue weighted by atomic mass is 10.1. The SMILES string of the molecule is COC(=O)c1ccc(C(C)S(=O)(=O)NC(CN2CCC(O)C2)c2ccccc2)cc1. The molecule has 0 radical (unpaired) electrons. The molecular formula is C22H28N2O5S. The van der Waals surface area contributed by atoms with Gasteiger partial charge in [-0.1, -0.05) is 42.5 Å². The Hall–Kier alpha value is -2.26. The fourth-order valence-corrected chi connectivity index (χ4v) is 4.95. The first kappa shape index (κ1) is 22.4. The van der Waals surface area contributed by atoms with E-state index in [2.05, 4.69) is 14.4 Å². The second-order valence-electron chi connectivity index (χ2n) is 7.58. The van der Waals surface area contributed by atoms with E-state index in [0.29, 0.717) is 30.6 Å². The number of sulfonamides is 1. The average Bonchev–Trinajstić information content (AvgIpc) is 3.17. The van der Waals surface area contributed by atoms with E-state index in [9.17, 15) is 18.3 Å². The number of ether oxygens (including phenoxy) is 1. The summed E-state index contributed by atoms with van der Waals surface area (Å²) in [6.07, 6.45) is 0.322. The Morgan fingerprint density at radius 1 is 1.17 bits per heavy atom. The van der Waals surface area contributed by atoms with Crippen molar-refractivity contribution in [2.75, 3.05) is 26.7 Å². The highest BCUT2D eigenvalue weighted by molar-refractivity contribution is 7.89. The highest BCUT2D eigenvalue weighted by Crippen LogP contribution is 2.26. The summed E-state index contributed by atoms with van der Waals surface area (Å²) in [5.41, 5.74) is 1.82. The maximum atomic E-state index is 13.2.